The smallest absolute Gasteiger partial charge is 0.326 e. The zero-order chi connectivity index (χ0) is 27.4. The Hall–Kier alpha value is -3.37. The molecule has 1 heterocycles. The quantitative estimate of drug-likeness (QED) is 0.255. The normalized spacial score (nSPS) is 23.1. The minimum absolute atomic E-state index is 0.0114. The molecule has 0 bridgehead atoms. The summed E-state index contributed by atoms with van der Waals surface area (Å²) >= 11 is 0. The largest absolute Gasteiger partial charge is 0.480 e. The molecule has 1 aliphatic rings. The number of urea groups is 1. The van der Waals surface area contributed by atoms with Gasteiger partial charge in [0.25, 0.3) is 0 Å². The molecular weight excluding hydrogens is 466 g/mol. The van der Waals surface area contributed by atoms with Crippen molar-refractivity contribution < 1.29 is 29.1 Å². The molecule has 1 aliphatic heterocycles. The van der Waals surface area contributed by atoms with Crippen LogP contribution in [-0.4, -0.2) is 65.5 Å². The molecule has 11 nitrogen and oxygen atoms in total. The third kappa shape index (κ3) is 10.1. The van der Waals surface area contributed by atoms with E-state index in [0.29, 0.717) is 19.4 Å². The van der Waals surface area contributed by atoms with Gasteiger partial charge in [-0.25, -0.2) is 9.59 Å². The Kier molecular flexibility index (Phi) is 12.7. The molecule has 5 amide bonds. The second-order valence-electron chi connectivity index (χ2n) is 9.67. The molecule has 6 N–H and O–H groups in total. The van der Waals surface area contributed by atoms with Crippen molar-refractivity contribution in [1.29, 1.82) is 0 Å². The van der Waals surface area contributed by atoms with Gasteiger partial charge in [-0.2, -0.15) is 0 Å². The zero-order valence-electron chi connectivity index (χ0n) is 22.0. The first-order valence-corrected chi connectivity index (χ1v) is 12.4. The summed E-state index contributed by atoms with van der Waals surface area (Å²) in [5, 5.41) is 22.7. The second-order valence-corrected chi connectivity index (χ2v) is 9.67. The maximum atomic E-state index is 13.1. The lowest BCUT2D eigenvalue weighted by Crippen LogP contribution is -2.58. The number of amides is 5. The second kappa shape index (κ2) is 14.9. The van der Waals surface area contributed by atoms with E-state index < -0.39 is 48.0 Å². The van der Waals surface area contributed by atoms with Gasteiger partial charge in [-0.3, -0.25) is 14.4 Å². The van der Waals surface area contributed by atoms with E-state index in [1.54, 1.807) is 39.0 Å². The van der Waals surface area contributed by atoms with Crippen molar-refractivity contribution in [1.82, 2.24) is 26.6 Å². The number of nitrogens with one attached hydrogen (secondary N) is 5. The molecule has 1 rings (SSSR count). The maximum absolute atomic E-state index is 13.1. The number of aliphatic carboxylic acids is 1. The van der Waals surface area contributed by atoms with E-state index in [1.807, 2.05) is 20.8 Å². The third-order valence-electron chi connectivity index (χ3n) is 6.00. The fourth-order valence-electron chi connectivity index (χ4n) is 3.44. The SMILES string of the molecule is CCC(C)C(NC(=O)NC(C(=O)NC1/C=C\CCNC(=O)/C=C\C(C(C)C)NC1=O)C(C)C)C(=O)O. The molecule has 0 radical (unpaired) electrons. The monoisotopic (exact) mass is 507 g/mol. The Balaban J connectivity index is 3.02. The third-order valence-corrected chi connectivity index (χ3v) is 6.00. The molecule has 0 aromatic rings. The van der Waals surface area contributed by atoms with Crippen LogP contribution < -0.4 is 26.6 Å². The average molecular weight is 508 g/mol. The summed E-state index contributed by atoms with van der Waals surface area (Å²) < 4.78 is 0. The molecule has 5 atom stereocenters. The number of hydrogen-bond donors (Lipinski definition) is 6. The molecule has 0 aliphatic carbocycles. The van der Waals surface area contributed by atoms with Crippen LogP contribution in [0.25, 0.3) is 0 Å². The van der Waals surface area contributed by atoms with Crippen LogP contribution in [0, 0.1) is 17.8 Å². The average Bonchev–Trinajstić information content (AvgIpc) is 2.80. The zero-order valence-corrected chi connectivity index (χ0v) is 22.0. The van der Waals surface area contributed by atoms with Crippen LogP contribution in [0.1, 0.15) is 54.4 Å². The minimum Gasteiger partial charge on any atom is -0.480 e. The van der Waals surface area contributed by atoms with Crippen LogP contribution in [0.2, 0.25) is 0 Å². The van der Waals surface area contributed by atoms with Gasteiger partial charge in [0.15, 0.2) is 0 Å². The first kappa shape index (κ1) is 30.7. The van der Waals surface area contributed by atoms with E-state index in [-0.39, 0.29) is 23.7 Å². The molecule has 0 spiro atoms. The summed E-state index contributed by atoms with van der Waals surface area (Å²) in [5.41, 5.74) is 0. The van der Waals surface area contributed by atoms with Gasteiger partial charge in [0, 0.05) is 18.7 Å². The van der Waals surface area contributed by atoms with Gasteiger partial charge in [-0.05, 0) is 24.2 Å². The van der Waals surface area contributed by atoms with Crippen LogP contribution in [0.15, 0.2) is 24.3 Å². The summed E-state index contributed by atoms with van der Waals surface area (Å²) in [4.78, 5) is 62.1. The molecule has 0 saturated heterocycles. The van der Waals surface area contributed by atoms with Gasteiger partial charge in [0.2, 0.25) is 17.7 Å². The maximum Gasteiger partial charge on any atom is 0.326 e. The molecule has 0 fully saturated rings. The highest BCUT2D eigenvalue weighted by Gasteiger charge is 2.31. The highest BCUT2D eigenvalue weighted by molar-refractivity contribution is 5.94. The first-order chi connectivity index (χ1) is 16.9. The number of carboxylic acid groups (broad SMARTS) is 1. The van der Waals surface area contributed by atoms with E-state index in [0.717, 1.165) is 0 Å². The number of carbonyl (C=O) groups is 5. The lowest BCUT2D eigenvalue weighted by molar-refractivity contribution is -0.140. The van der Waals surface area contributed by atoms with E-state index in [9.17, 15) is 29.1 Å². The van der Waals surface area contributed by atoms with Crippen LogP contribution in [0.3, 0.4) is 0 Å². The number of hydrogen-bond acceptors (Lipinski definition) is 5. The Labute approximate surface area is 212 Å². The van der Waals surface area contributed by atoms with E-state index in [1.165, 1.54) is 6.08 Å². The summed E-state index contributed by atoms with van der Waals surface area (Å²) in [6.07, 6.45) is 7.22. The van der Waals surface area contributed by atoms with Crippen LogP contribution in [-0.2, 0) is 19.2 Å². The van der Waals surface area contributed by atoms with Gasteiger partial charge >= 0.3 is 12.0 Å². The van der Waals surface area contributed by atoms with Crippen LogP contribution in [0.5, 0.6) is 0 Å². The van der Waals surface area contributed by atoms with Crippen molar-refractivity contribution in [2.24, 2.45) is 17.8 Å². The Morgan fingerprint density at radius 2 is 1.69 bits per heavy atom. The number of carbonyl (C=O) groups excluding carboxylic acids is 4. The van der Waals surface area contributed by atoms with Crippen molar-refractivity contribution in [2.75, 3.05) is 6.54 Å². The fourth-order valence-corrected chi connectivity index (χ4v) is 3.44. The van der Waals surface area contributed by atoms with Gasteiger partial charge in [0.1, 0.15) is 18.1 Å². The van der Waals surface area contributed by atoms with Crippen molar-refractivity contribution >= 4 is 29.7 Å². The fraction of sp³-hybridized carbons (Fsp3) is 0.640. The predicted octanol–water partition coefficient (Wildman–Crippen LogP) is 1.07. The van der Waals surface area contributed by atoms with Gasteiger partial charge < -0.3 is 31.7 Å². The van der Waals surface area contributed by atoms with Crippen molar-refractivity contribution in [3.05, 3.63) is 24.3 Å². The number of carboxylic acids is 1. The van der Waals surface area contributed by atoms with Crippen molar-refractivity contribution in [3.8, 4) is 0 Å². The first-order valence-electron chi connectivity index (χ1n) is 12.4. The van der Waals surface area contributed by atoms with E-state index in [4.69, 9.17) is 0 Å². The Morgan fingerprint density at radius 1 is 1.06 bits per heavy atom. The molecule has 0 aromatic heterocycles. The minimum atomic E-state index is -1.16. The molecule has 202 valence electrons. The van der Waals surface area contributed by atoms with Gasteiger partial charge in [-0.1, -0.05) is 66.2 Å². The Bertz CT molecular complexity index is 854. The van der Waals surface area contributed by atoms with E-state index in [2.05, 4.69) is 26.6 Å². The summed E-state index contributed by atoms with van der Waals surface area (Å²) in [7, 11) is 0. The predicted molar refractivity (Wildman–Crippen MR) is 136 cm³/mol. The molecular formula is C25H41N5O6. The molecule has 0 aromatic carbocycles. The molecule has 11 heteroatoms. The lowest BCUT2D eigenvalue weighted by atomic mass is 9.99. The highest BCUT2D eigenvalue weighted by Crippen LogP contribution is 2.09. The van der Waals surface area contributed by atoms with Crippen LogP contribution in [0.4, 0.5) is 4.79 Å². The van der Waals surface area contributed by atoms with Crippen molar-refractivity contribution in [2.45, 2.75) is 78.6 Å². The van der Waals surface area contributed by atoms with Gasteiger partial charge in [-0.15, -0.1) is 0 Å². The molecule has 5 unspecified atom stereocenters. The Morgan fingerprint density at radius 3 is 2.25 bits per heavy atom. The van der Waals surface area contributed by atoms with Crippen LogP contribution >= 0.6 is 0 Å². The summed E-state index contributed by atoms with van der Waals surface area (Å²) in [6, 6.07) is -4.35. The van der Waals surface area contributed by atoms with E-state index >= 15 is 0 Å². The lowest BCUT2D eigenvalue weighted by Gasteiger charge is -2.27. The summed E-state index contributed by atoms with van der Waals surface area (Å²) in [6.45, 7) is 11.1. The highest BCUT2D eigenvalue weighted by atomic mass is 16.4. The van der Waals surface area contributed by atoms with Gasteiger partial charge in [0.05, 0.1) is 0 Å². The topological polar surface area (TPSA) is 166 Å². The van der Waals surface area contributed by atoms with Crippen molar-refractivity contribution in [3.63, 3.8) is 0 Å². The molecule has 36 heavy (non-hydrogen) atoms. The number of rotatable bonds is 9. The molecule has 0 saturated carbocycles. The standard InChI is InChI=1S/C25H41N5O6/c1-7-16(6)21(24(34)35)30-25(36)29-20(15(4)5)23(33)28-18-10-8-9-13-26-19(31)12-11-17(14(2)3)27-22(18)32/h8,10-12,14-18,20-21H,7,9,13H2,1-6H3,(H,26,31)(H,27,32)(H,28,33)(H,34,35)(H2,29,30,36)/b10-8-,12-11-. The summed E-state index contributed by atoms with van der Waals surface area (Å²) in [5.74, 6) is -3.13.